The Morgan fingerprint density at radius 3 is 2.96 bits per heavy atom. The number of carbonyl (C=O) groups is 1. The highest BCUT2D eigenvalue weighted by Crippen LogP contribution is 2.17. The van der Waals surface area contributed by atoms with Crippen LogP contribution >= 0.6 is 0 Å². The first-order valence-electron chi connectivity index (χ1n) is 8.17. The molecule has 1 amide bonds. The van der Waals surface area contributed by atoms with Crippen molar-refractivity contribution < 1.29 is 9.18 Å². The molecule has 0 spiro atoms. The number of nitrogens with zero attached hydrogens (tertiary/aromatic N) is 3. The van der Waals surface area contributed by atoms with Crippen molar-refractivity contribution >= 4 is 5.91 Å². The lowest BCUT2D eigenvalue weighted by atomic mass is 10.1. The van der Waals surface area contributed by atoms with Gasteiger partial charge in [0.05, 0.1) is 11.7 Å². The number of hydrogen-bond acceptors (Lipinski definition) is 4. The van der Waals surface area contributed by atoms with Crippen molar-refractivity contribution in [2.45, 2.75) is 32.4 Å². The van der Waals surface area contributed by atoms with E-state index in [0.29, 0.717) is 19.5 Å². The molecule has 1 N–H and O–H groups in total. The zero-order chi connectivity index (χ0) is 16.9. The highest BCUT2D eigenvalue weighted by atomic mass is 19.1. The number of halogens is 1. The fourth-order valence-electron chi connectivity index (χ4n) is 2.90. The summed E-state index contributed by atoms with van der Waals surface area (Å²) in [6.07, 6.45) is 4.96. The van der Waals surface area contributed by atoms with Gasteiger partial charge in [-0.1, -0.05) is 12.1 Å². The van der Waals surface area contributed by atoms with Crippen molar-refractivity contribution in [3.05, 3.63) is 59.4 Å². The average Bonchev–Trinajstić information content (AvgIpc) is 2.62. The summed E-state index contributed by atoms with van der Waals surface area (Å²) < 4.78 is 12.9. The van der Waals surface area contributed by atoms with Gasteiger partial charge in [0.15, 0.2) is 0 Å². The Labute approximate surface area is 140 Å². The SMILES string of the molecule is C[C@@H](C(=O)NCCc1ccc(F)cc1)N1CCc2cncnc2C1. The Kier molecular flexibility index (Phi) is 5.15. The first kappa shape index (κ1) is 16.5. The normalized spacial score (nSPS) is 15.6. The van der Waals surface area contributed by atoms with E-state index < -0.39 is 0 Å². The maximum Gasteiger partial charge on any atom is 0.237 e. The van der Waals surface area contributed by atoms with Crippen LogP contribution in [0.15, 0.2) is 36.8 Å². The Balaban J connectivity index is 1.49. The van der Waals surface area contributed by atoms with Gasteiger partial charge < -0.3 is 5.32 Å². The number of benzene rings is 1. The van der Waals surface area contributed by atoms with Crippen LogP contribution in [0.2, 0.25) is 0 Å². The zero-order valence-electron chi connectivity index (χ0n) is 13.7. The van der Waals surface area contributed by atoms with E-state index in [2.05, 4.69) is 20.2 Å². The van der Waals surface area contributed by atoms with Crippen LogP contribution in [-0.4, -0.2) is 39.9 Å². The predicted octanol–water partition coefficient (Wildman–Crippen LogP) is 1.72. The molecule has 1 aromatic heterocycles. The van der Waals surface area contributed by atoms with E-state index >= 15 is 0 Å². The molecule has 2 heterocycles. The van der Waals surface area contributed by atoms with Gasteiger partial charge in [-0.2, -0.15) is 0 Å². The van der Waals surface area contributed by atoms with E-state index in [4.69, 9.17) is 0 Å². The summed E-state index contributed by atoms with van der Waals surface area (Å²) in [4.78, 5) is 22.8. The van der Waals surface area contributed by atoms with Crippen molar-refractivity contribution in [3.8, 4) is 0 Å². The summed E-state index contributed by atoms with van der Waals surface area (Å²) in [6, 6.07) is 6.15. The minimum Gasteiger partial charge on any atom is -0.354 e. The second kappa shape index (κ2) is 7.49. The fraction of sp³-hybridized carbons (Fsp3) is 0.389. The molecular weight excluding hydrogens is 307 g/mol. The molecule has 1 aromatic carbocycles. The molecule has 126 valence electrons. The van der Waals surface area contributed by atoms with Gasteiger partial charge in [0, 0.05) is 25.8 Å². The van der Waals surface area contributed by atoms with Gasteiger partial charge in [0.1, 0.15) is 12.1 Å². The highest BCUT2D eigenvalue weighted by molar-refractivity contribution is 5.81. The van der Waals surface area contributed by atoms with E-state index in [1.54, 1.807) is 18.5 Å². The van der Waals surface area contributed by atoms with E-state index in [1.807, 2.05) is 13.1 Å². The lowest BCUT2D eigenvalue weighted by molar-refractivity contribution is -0.126. The number of amides is 1. The minimum atomic E-state index is -0.245. The molecule has 0 radical (unpaired) electrons. The molecule has 24 heavy (non-hydrogen) atoms. The molecule has 0 saturated carbocycles. The number of hydrogen-bond donors (Lipinski definition) is 1. The lowest BCUT2D eigenvalue weighted by Gasteiger charge is -2.31. The molecule has 0 fully saturated rings. The quantitative estimate of drug-likeness (QED) is 0.908. The van der Waals surface area contributed by atoms with Crippen LogP contribution in [0.25, 0.3) is 0 Å². The Morgan fingerprint density at radius 1 is 1.38 bits per heavy atom. The molecule has 2 aromatic rings. The number of fused-ring (bicyclic) bond motifs is 1. The second-order valence-corrected chi connectivity index (χ2v) is 6.06. The van der Waals surface area contributed by atoms with E-state index in [0.717, 1.165) is 29.8 Å². The Bertz CT molecular complexity index is 704. The molecular formula is C18H21FN4O. The van der Waals surface area contributed by atoms with Crippen LogP contribution in [0.3, 0.4) is 0 Å². The topological polar surface area (TPSA) is 58.1 Å². The third-order valence-electron chi connectivity index (χ3n) is 4.46. The van der Waals surface area contributed by atoms with Gasteiger partial charge in [0.2, 0.25) is 5.91 Å². The van der Waals surface area contributed by atoms with Gasteiger partial charge >= 0.3 is 0 Å². The van der Waals surface area contributed by atoms with Crippen molar-refractivity contribution in [1.82, 2.24) is 20.2 Å². The fourth-order valence-corrected chi connectivity index (χ4v) is 2.90. The summed E-state index contributed by atoms with van der Waals surface area (Å²) in [5.74, 6) is -0.236. The first-order chi connectivity index (χ1) is 11.6. The standard InChI is InChI=1S/C18H21FN4O/c1-13(23-9-7-15-10-20-12-22-17(15)11-23)18(24)21-8-6-14-2-4-16(19)5-3-14/h2-5,10,12-13H,6-9,11H2,1H3,(H,21,24)/t13-/m0/s1. The van der Waals surface area contributed by atoms with Crippen molar-refractivity contribution in [2.75, 3.05) is 13.1 Å². The molecule has 3 rings (SSSR count). The molecule has 5 nitrogen and oxygen atoms in total. The lowest BCUT2D eigenvalue weighted by Crippen LogP contribution is -2.47. The van der Waals surface area contributed by atoms with Crippen LogP contribution in [0.1, 0.15) is 23.7 Å². The highest BCUT2D eigenvalue weighted by Gasteiger charge is 2.25. The average molecular weight is 328 g/mol. The number of rotatable bonds is 5. The zero-order valence-corrected chi connectivity index (χ0v) is 13.7. The summed E-state index contributed by atoms with van der Waals surface area (Å²) in [6.45, 7) is 3.96. The van der Waals surface area contributed by atoms with Crippen LogP contribution in [0.4, 0.5) is 4.39 Å². The number of nitrogens with one attached hydrogen (secondary N) is 1. The summed E-state index contributed by atoms with van der Waals surface area (Å²) in [7, 11) is 0. The summed E-state index contributed by atoms with van der Waals surface area (Å²) in [5.41, 5.74) is 3.17. The van der Waals surface area contributed by atoms with E-state index in [-0.39, 0.29) is 17.8 Å². The molecule has 0 unspecified atom stereocenters. The molecule has 0 saturated heterocycles. The Morgan fingerprint density at radius 2 is 2.17 bits per heavy atom. The van der Waals surface area contributed by atoms with Crippen LogP contribution < -0.4 is 5.32 Å². The van der Waals surface area contributed by atoms with Crippen LogP contribution in [0.5, 0.6) is 0 Å². The third kappa shape index (κ3) is 3.94. The summed E-state index contributed by atoms with van der Waals surface area (Å²) >= 11 is 0. The van der Waals surface area contributed by atoms with Crippen molar-refractivity contribution in [2.24, 2.45) is 0 Å². The predicted molar refractivity (Wildman–Crippen MR) is 88.7 cm³/mol. The molecule has 1 aliphatic heterocycles. The molecule has 6 heteroatoms. The van der Waals surface area contributed by atoms with Crippen LogP contribution in [-0.2, 0) is 24.2 Å². The molecule has 0 bridgehead atoms. The van der Waals surface area contributed by atoms with Gasteiger partial charge in [-0.3, -0.25) is 9.69 Å². The third-order valence-corrected chi connectivity index (χ3v) is 4.46. The van der Waals surface area contributed by atoms with Gasteiger partial charge in [-0.05, 0) is 43.0 Å². The number of aromatic nitrogens is 2. The smallest absolute Gasteiger partial charge is 0.237 e. The van der Waals surface area contributed by atoms with Gasteiger partial charge in [-0.25, -0.2) is 14.4 Å². The van der Waals surface area contributed by atoms with Crippen molar-refractivity contribution in [1.29, 1.82) is 0 Å². The minimum absolute atomic E-state index is 0.00891. The van der Waals surface area contributed by atoms with Gasteiger partial charge in [-0.15, -0.1) is 0 Å². The largest absolute Gasteiger partial charge is 0.354 e. The van der Waals surface area contributed by atoms with E-state index in [9.17, 15) is 9.18 Å². The van der Waals surface area contributed by atoms with Crippen molar-refractivity contribution in [3.63, 3.8) is 0 Å². The molecule has 0 aliphatic carbocycles. The van der Waals surface area contributed by atoms with E-state index in [1.165, 1.54) is 12.1 Å². The number of carbonyl (C=O) groups excluding carboxylic acids is 1. The summed E-state index contributed by atoms with van der Waals surface area (Å²) in [5, 5.41) is 2.96. The maximum absolute atomic E-state index is 12.9. The second-order valence-electron chi connectivity index (χ2n) is 6.06. The first-order valence-corrected chi connectivity index (χ1v) is 8.17. The Hall–Kier alpha value is -2.34. The maximum atomic E-state index is 12.9. The van der Waals surface area contributed by atoms with Crippen LogP contribution in [0, 0.1) is 5.82 Å². The van der Waals surface area contributed by atoms with Gasteiger partial charge in [0.25, 0.3) is 0 Å². The monoisotopic (exact) mass is 328 g/mol. The molecule has 1 aliphatic rings. The molecule has 1 atom stereocenters.